The van der Waals surface area contributed by atoms with Crippen molar-refractivity contribution in [1.29, 1.82) is 0 Å². The van der Waals surface area contributed by atoms with E-state index in [1.807, 2.05) is 0 Å². The van der Waals surface area contributed by atoms with Crippen LogP contribution < -0.4 is 5.32 Å². The fourth-order valence-electron chi connectivity index (χ4n) is 1.52. The first-order valence-electron chi connectivity index (χ1n) is 5.55. The summed E-state index contributed by atoms with van der Waals surface area (Å²) in [6, 6.07) is 8.55. The average molecular weight is 270 g/mol. The Morgan fingerprint density at radius 3 is 2.53 bits per heavy atom. The molecule has 0 saturated heterocycles. The highest BCUT2D eigenvalue weighted by Gasteiger charge is 2.05. The standard InChI is InChI=1S/C13H20BrN/c1-10(2)8-15-9-11(3)12-5-4-6-13(14)7-12/h4-7,10-11,15H,8-9H2,1-3H3. The SMILES string of the molecule is CC(C)CNCC(C)c1cccc(Br)c1. The fourth-order valence-corrected chi connectivity index (χ4v) is 1.94. The molecule has 0 saturated carbocycles. The number of rotatable bonds is 5. The molecule has 0 aliphatic carbocycles. The maximum absolute atomic E-state index is 3.50. The van der Waals surface area contributed by atoms with E-state index in [0.29, 0.717) is 5.92 Å². The van der Waals surface area contributed by atoms with Gasteiger partial charge < -0.3 is 5.32 Å². The van der Waals surface area contributed by atoms with Gasteiger partial charge in [0, 0.05) is 11.0 Å². The Labute approximate surface area is 101 Å². The third-order valence-electron chi connectivity index (χ3n) is 2.42. The minimum atomic E-state index is 0.571. The minimum absolute atomic E-state index is 0.571. The van der Waals surface area contributed by atoms with Gasteiger partial charge in [-0.05, 0) is 36.1 Å². The Hall–Kier alpha value is -0.340. The molecule has 0 aliphatic heterocycles. The van der Waals surface area contributed by atoms with Crippen molar-refractivity contribution in [3.8, 4) is 0 Å². The van der Waals surface area contributed by atoms with E-state index in [-0.39, 0.29) is 0 Å². The zero-order chi connectivity index (χ0) is 11.3. The Morgan fingerprint density at radius 1 is 1.20 bits per heavy atom. The quantitative estimate of drug-likeness (QED) is 0.858. The van der Waals surface area contributed by atoms with Crippen LogP contribution in [0.2, 0.25) is 0 Å². The first-order valence-corrected chi connectivity index (χ1v) is 6.35. The number of hydrogen-bond acceptors (Lipinski definition) is 1. The maximum atomic E-state index is 3.50. The lowest BCUT2D eigenvalue weighted by Crippen LogP contribution is -2.24. The number of benzene rings is 1. The van der Waals surface area contributed by atoms with E-state index < -0.39 is 0 Å². The van der Waals surface area contributed by atoms with Gasteiger partial charge in [-0.2, -0.15) is 0 Å². The Kier molecular flexibility index (Phi) is 5.34. The summed E-state index contributed by atoms with van der Waals surface area (Å²) in [7, 11) is 0. The summed E-state index contributed by atoms with van der Waals surface area (Å²) >= 11 is 3.50. The normalized spacial score (nSPS) is 13.1. The third kappa shape index (κ3) is 4.80. The van der Waals surface area contributed by atoms with Gasteiger partial charge in [0.2, 0.25) is 0 Å². The first-order chi connectivity index (χ1) is 7.09. The predicted molar refractivity (Wildman–Crippen MR) is 70.3 cm³/mol. The van der Waals surface area contributed by atoms with E-state index in [9.17, 15) is 0 Å². The minimum Gasteiger partial charge on any atom is -0.316 e. The summed E-state index contributed by atoms with van der Waals surface area (Å²) in [5, 5.41) is 3.49. The van der Waals surface area contributed by atoms with Gasteiger partial charge in [-0.15, -0.1) is 0 Å². The van der Waals surface area contributed by atoms with Crippen LogP contribution in [0, 0.1) is 5.92 Å². The lowest BCUT2D eigenvalue weighted by Gasteiger charge is -2.14. The largest absolute Gasteiger partial charge is 0.316 e. The van der Waals surface area contributed by atoms with E-state index in [1.165, 1.54) is 5.56 Å². The van der Waals surface area contributed by atoms with E-state index in [0.717, 1.165) is 23.5 Å². The molecule has 1 unspecified atom stereocenters. The second-order valence-corrected chi connectivity index (χ2v) is 5.42. The summed E-state index contributed by atoms with van der Waals surface area (Å²) in [6.07, 6.45) is 0. The monoisotopic (exact) mass is 269 g/mol. The molecule has 1 aromatic rings. The van der Waals surface area contributed by atoms with Crippen molar-refractivity contribution in [2.45, 2.75) is 26.7 Å². The Bertz CT molecular complexity index is 296. The Morgan fingerprint density at radius 2 is 1.93 bits per heavy atom. The van der Waals surface area contributed by atoms with Gasteiger partial charge in [-0.25, -0.2) is 0 Å². The highest BCUT2D eigenvalue weighted by molar-refractivity contribution is 9.10. The summed E-state index contributed by atoms with van der Waals surface area (Å²) < 4.78 is 1.16. The summed E-state index contributed by atoms with van der Waals surface area (Å²) in [5.74, 6) is 1.29. The second-order valence-electron chi connectivity index (χ2n) is 4.51. The van der Waals surface area contributed by atoms with Gasteiger partial charge in [0.25, 0.3) is 0 Å². The molecule has 0 radical (unpaired) electrons. The van der Waals surface area contributed by atoms with Crippen LogP contribution in [0.3, 0.4) is 0 Å². The Balaban J connectivity index is 2.43. The molecular formula is C13H20BrN. The number of hydrogen-bond donors (Lipinski definition) is 1. The lowest BCUT2D eigenvalue weighted by atomic mass is 10.0. The summed E-state index contributed by atoms with van der Waals surface area (Å²) in [5.41, 5.74) is 1.39. The van der Waals surface area contributed by atoms with E-state index in [4.69, 9.17) is 0 Å². The van der Waals surface area contributed by atoms with Crippen LogP contribution in [-0.2, 0) is 0 Å². The molecule has 0 amide bonds. The summed E-state index contributed by atoms with van der Waals surface area (Å²) in [6.45, 7) is 8.87. The van der Waals surface area contributed by atoms with Crippen LogP contribution >= 0.6 is 15.9 Å². The molecule has 0 heterocycles. The molecule has 0 bridgehead atoms. The van der Waals surface area contributed by atoms with Gasteiger partial charge in [-0.3, -0.25) is 0 Å². The van der Waals surface area contributed by atoms with E-state index >= 15 is 0 Å². The molecule has 1 rings (SSSR count). The van der Waals surface area contributed by atoms with Gasteiger partial charge in [-0.1, -0.05) is 48.8 Å². The highest BCUT2D eigenvalue weighted by atomic mass is 79.9. The second kappa shape index (κ2) is 6.29. The van der Waals surface area contributed by atoms with Gasteiger partial charge in [0.1, 0.15) is 0 Å². The molecule has 15 heavy (non-hydrogen) atoms. The van der Waals surface area contributed by atoms with Crippen molar-refractivity contribution in [3.05, 3.63) is 34.3 Å². The van der Waals surface area contributed by atoms with E-state index in [2.05, 4.69) is 66.3 Å². The zero-order valence-electron chi connectivity index (χ0n) is 9.76. The molecule has 1 aromatic carbocycles. The molecule has 0 spiro atoms. The van der Waals surface area contributed by atoms with Crippen molar-refractivity contribution < 1.29 is 0 Å². The maximum Gasteiger partial charge on any atom is 0.0178 e. The molecule has 0 aliphatic rings. The molecule has 2 heteroatoms. The average Bonchev–Trinajstić information content (AvgIpc) is 2.17. The third-order valence-corrected chi connectivity index (χ3v) is 2.91. The van der Waals surface area contributed by atoms with Crippen LogP contribution in [0.15, 0.2) is 28.7 Å². The molecule has 84 valence electrons. The molecular weight excluding hydrogens is 250 g/mol. The van der Waals surface area contributed by atoms with Crippen LogP contribution in [0.25, 0.3) is 0 Å². The van der Waals surface area contributed by atoms with Gasteiger partial charge in [0.15, 0.2) is 0 Å². The predicted octanol–water partition coefficient (Wildman–Crippen LogP) is 3.80. The summed E-state index contributed by atoms with van der Waals surface area (Å²) in [4.78, 5) is 0. The number of halogens is 1. The van der Waals surface area contributed by atoms with E-state index in [1.54, 1.807) is 0 Å². The zero-order valence-corrected chi connectivity index (χ0v) is 11.3. The van der Waals surface area contributed by atoms with Crippen LogP contribution in [0.4, 0.5) is 0 Å². The fraction of sp³-hybridized carbons (Fsp3) is 0.538. The van der Waals surface area contributed by atoms with Crippen molar-refractivity contribution in [3.63, 3.8) is 0 Å². The van der Waals surface area contributed by atoms with Crippen molar-refractivity contribution in [2.24, 2.45) is 5.92 Å². The first kappa shape index (κ1) is 12.7. The van der Waals surface area contributed by atoms with Gasteiger partial charge >= 0.3 is 0 Å². The molecule has 1 N–H and O–H groups in total. The molecule has 1 atom stereocenters. The molecule has 0 fully saturated rings. The van der Waals surface area contributed by atoms with Gasteiger partial charge in [0.05, 0.1) is 0 Å². The topological polar surface area (TPSA) is 12.0 Å². The molecule has 1 nitrogen and oxygen atoms in total. The smallest absolute Gasteiger partial charge is 0.0178 e. The van der Waals surface area contributed by atoms with Crippen LogP contribution in [0.5, 0.6) is 0 Å². The lowest BCUT2D eigenvalue weighted by molar-refractivity contribution is 0.528. The van der Waals surface area contributed by atoms with Crippen molar-refractivity contribution in [2.75, 3.05) is 13.1 Å². The van der Waals surface area contributed by atoms with Crippen LogP contribution in [-0.4, -0.2) is 13.1 Å². The number of nitrogens with one attached hydrogen (secondary N) is 1. The van der Waals surface area contributed by atoms with Crippen molar-refractivity contribution in [1.82, 2.24) is 5.32 Å². The van der Waals surface area contributed by atoms with Crippen LogP contribution in [0.1, 0.15) is 32.3 Å². The highest BCUT2D eigenvalue weighted by Crippen LogP contribution is 2.18. The van der Waals surface area contributed by atoms with Crippen molar-refractivity contribution >= 4 is 15.9 Å². The molecule has 0 aromatic heterocycles.